The molecule has 2 saturated heterocycles. The molecular weight excluding hydrogens is 246 g/mol. The number of ether oxygens (including phenoxy) is 2. The summed E-state index contributed by atoms with van der Waals surface area (Å²) in [7, 11) is 1.34. The van der Waals surface area contributed by atoms with Crippen LogP contribution in [0.3, 0.4) is 0 Å². The van der Waals surface area contributed by atoms with Gasteiger partial charge in [-0.15, -0.1) is 0 Å². The van der Waals surface area contributed by atoms with Gasteiger partial charge in [0.25, 0.3) is 5.54 Å². The van der Waals surface area contributed by atoms with E-state index < -0.39 is 41.2 Å². The van der Waals surface area contributed by atoms with Crippen LogP contribution in [0.2, 0.25) is 0 Å². The van der Waals surface area contributed by atoms with Gasteiger partial charge in [0.2, 0.25) is 5.91 Å². The fourth-order valence-electron chi connectivity index (χ4n) is 2.69. The number of carbonyl (C=O) groups excluding carboxylic acids is 1. The summed E-state index contributed by atoms with van der Waals surface area (Å²) in [4.78, 5) is 34.4. The van der Waals surface area contributed by atoms with E-state index in [-0.39, 0.29) is 6.42 Å². The Labute approximate surface area is 102 Å². The van der Waals surface area contributed by atoms with E-state index in [1.165, 1.54) is 14.0 Å². The molecule has 1 unspecified atom stereocenters. The predicted molar refractivity (Wildman–Crippen MR) is 54.5 cm³/mol. The average Bonchev–Trinajstić information content (AvgIpc) is 2.71. The molecule has 0 aromatic carbocycles. The minimum absolute atomic E-state index is 0.126. The molecule has 0 aromatic heterocycles. The third kappa shape index (κ3) is 1.24. The van der Waals surface area contributed by atoms with Crippen molar-refractivity contribution in [3.05, 3.63) is 0 Å². The van der Waals surface area contributed by atoms with Crippen LogP contribution >= 0.6 is 0 Å². The Balaban J connectivity index is 2.54. The molecule has 0 bridgehead atoms. The average molecular weight is 259 g/mol. The number of hydrogen-bond acceptors (Lipinski definition) is 5. The second-order valence-electron chi connectivity index (χ2n) is 4.53. The summed E-state index contributed by atoms with van der Waals surface area (Å²) in [5, 5.41) is 20.4. The van der Waals surface area contributed by atoms with E-state index in [9.17, 15) is 24.6 Å². The van der Waals surface area contributed by atoms with Crippen LogP contribution < -0.4 is 5.32 Å². The summed E-state index contributed by atoms with van der Waals surface area (Å²) in [6, 6.07) is 0. The number of nitrogens with one attached hydrogen (secondary N) is 1. The Morgan fingerprint density at radius 3 is 2.44 bits per heavy atom. The number of carbonyl (C=O) groups is 3. The van der Waals surface area contributed by atoms with Gasteiger partial charge in [-0.3, -0.25) is 4.79 Å². The zero-order valence-corrected chi connectivity index (χ0v) is 9.80. The number of hydrogen-bond donors (Lipinski definition) is 3. The summed E-state index contributed by atoms with van der Waals surface area (Å²) in [6.45, 7) is 1.30. The van der Waals surface area contributed by atoms with Crippen molar-refractivity contribution in [1.29, 1.82) is 0 Å². The third-order valence-corrected chi connectivity index (χ3v) is 3.75. The molecule has 2 fully saturated rings. The lowest BCUT2D eigenvalue weighted by Crippen LogP contribution is -2.67. The van der Waals surface area contributed by atoms with Gasteiger partial charge in [-0.2, -0.15) is 0 Å². The van der Waals surface area contributed by atoms with Crippen molar-refractivity contribution in [1.82, 2.24) is 5.32 Å². The number of amides is 1. The smallest absolute Gasteiger partial charge is 0.344 e. The van der Waals surface area contributed by atoms with E-state index in [4.69, 9.17) is 9.47 Å². The van der Waals surface area contributed by atoms with Crippen LogP contribution in [0.5, 0.6) is 0 Å². The van der Waals surface area contributed by atoms with Gasteiger partial charge in [0, 0.05) is 13.5 Å². The number of carboxylic acid groups (broad SMARTS) is 2. The molecule has 0 aliphatic carbocycles. The van der Waals surface area contributed by atoms with E-state index in [1.807, 2.05) is 5.32 Å². The summed E-state index contributed by atoms with van der Waals surface area (Å²) in [5.74, 6) is -4.84. The fourth-order valence-corrected chi connectivity index (χ4v) is 2.69. The Hall–Kier alpha value is -1.67. The van der Waals surface area contributed by atoms with Crippen LogP contribution in [0.4, 0.5) is 0 Å². The molecule has 100 valence electrons. The van der Waals surface area contributed by atoms with Gasteiger partial charge in [-0.25, -0.2) is 9.59 Å². The largest absolute Gasteiger partial charge is 0.479 e. The molecule has 3 N–H and O–H groups in total. The van der Waals surface area contributed by atoms with Crippen molar-refractivity contribution in [3.8, 4) is 0 Å². The van der Waals surface area contributed by atoms with Crippen molar-refractivity contribution in [3.63, 3.8) is 0 Å². The molecule has 2 heterocycles. The second-order valence-corrected chi connectivity index (χ2v) is 4.53. The lowest BCUT2D eigenvalue weighted by molar-refractivity contribution is -0.195. The van der Waals surface area contributed by atoms with E-state index in [2.05, 4.69) is 0 Å². The van der Waals surface area contributed by atoms with E-state index in [1.54, 1.807) is 0 Å². The summed E-state index contributed by atoms with van der Waals surface area (Å²) >= 11 is 0. The molecule has 18 heavy (non-hydrogen) atoms. The van der Waals surface area contributed by atoms with E-state index in [0.717, 1.165) is 0 Å². The molecule has 0 radical (unpaired) electrons. The first kappa shape index (κ1) is 12.8. The van der Waals surface area contributed by atoms with Crippen LogP contribution in [0.25, 0.3) is 0 Å². The van der Waals surface area contributed by atoms with Gasteiger partial charge in [-0.05, 0) is 6.92 Å². The minimum atomic E-state index is -2.48. The number of rotatable bonds is 3. The van der Waals surface area contributed by atoms with Crippen LogP contribution in [0, 0.1) is 5.92 Å². The molecule has 0 aromatic rings. The molecule has 2 aliphatic heterocycles. The van der Waals surface area contributed by atoms with E-state index in [0.29, 0.717) is 0 Å². The quantitative estimate of drug-likeness (QED) is 0.543. The van der Waals surface area contributed by atoms with Crippen LogP contribution in [0.1, 0.15) is 13.3 Å². The summed E-state index contributed by atoms with van der Waals surface area (Å²) < 4.78 is 10.3. The number of aliphatic carboxylic acids is 2. The van der Waals surface area contributed by atoms with Crippen LogP contribution in [-0.2, 0) is 23.9 Å². The lowest BCUT2D eigenvalue weighted by atomic mass is 9.77. The van der Waals surface area contributed by atoms with Crippen LogP contribution in [-0.4, -0.2) is 52.6 Å². The van der Waals surface area contributed by atoms with Crippen molar-refractivity contribution >= 4 is 17.8 Å². The van der Waals surface area contributed by atoms with Gasteiger partial charge in [-0.1, -0.05) is 0 Å². The zero-order chi connectivity index (χ0) is 13.7. The van der Waals surface area contributed by atoms with Gasteiger partial charge in [0.05, 0.1) is 5.92 Å². The topological polar surface area (TPSA) is 122 Å². The predicted octanol–water partition coefficient (Wildman–Crippen LogP) is -1.21. The Morgan fingerprint density at radius 1 is 1.44 bits per heavy atom. The summed E-state index contributed by atoms with van der Waals surface area (Å²) in [6.07, 6.45) is -0.662. The molecule has 0 saturated carbocycles. The van der Waals surface area contributed by atoms with Gasteiger partial charge < -0.3 is 25.0 Å². The highest BCUT2D eigenvalue weighted by molar-refractivity contribution is 6.11. The highest BCUT2D eigenvalue weighted by Crippen LogP contribution is 2.48. The second kappa shape index (κ2) is 3.66. The molecule has 0 spiro atoms. The molecule has 8 heteroatoms. The van der Waals surface area contributed by atoms with Crippen molar-refractivity contribution < 1.29 is 34.1 Å². The lowest BCUT2D eigenvalue weighted by Gasteiger charge is -2.34. The van der Waals surface area contributed by atoms with Crippen molar-refractivity contribution in [2.45, 2.75) is 30.8 Å². The van der Waals surface area contributed by atoms with Crippen LogP contribution in [0.15, 0.2) is 0 Å². The molecule has 2 rings (SSSR count). The Bertz CT molecular complexity index is 420. The molecular formula is C10H13NO7. The summed E-state index contributed by atoms with van der Waals surface area (Å²) in [5.41, 5.74) is -4.16. The first-order chi connectivity index (χ1) is 8.29. The first-order valence-electron chi connectivity index (χ1n) is 5.29. The maximum Gasteiger partial charge on any atom is 0.344 e. The first-order valence-corrected chi connectivity index (χ1v) is 5.29. The van der Waals surface area contributed by atoms with Gasteiger partial charge in [0.1, 0.15) is 5.60 Å². The number of carboxylic acids is 2. The molecule has 2 aliphatic rings. The highest BCUT2D eigenvalue weighted by Gasteiger charge is 2.75. The van der Waals surface area contributed by atoms with E-state index >= 15 is 0 Å². The van der Waals surface area contributed by atoms with Gasteiger partial charge in [0.15, 0.2) is 6.29 Å². The molecule has 8 nitrogen and oxygen atoms in total. The normalized spacial score (nSPS) is 37.1. The molecule has 1 amide bonds. The Kier molecular flexibility index (Phi) is 2.60. The zero-order valence-electron chi connectivity index (χ0n) is 9.80. The number of methoxy groups -OCH3 is 1. The van der Waals surface area contributed by atoms with Crippen molar-refractivity contribution in [2.75, 3.05) is 7.11 Å². The maximum absolute atomic E-state index is 11.8. The Morgan fingerprint density at radius 2 is 2.00 bits per heavy atom. The third-order valence-electron chi connectivity index (χ3n) is 3.75. The fraction of sp³-hybridized carbons (Fsp3) is 0.700. The number of fused-ring (bicyclic) bond motifs is 1. The maximum atomic E-state index is 11.8. The standard InChI is InChI=1S/C10H13NO7/c1-9-4(3-5(17-2)18-9)6(12)11-10(9,7(13)14)8(15)16/h4-5H,3H2,1-2H3,(H,11,12)(H,13,14)(H,15,16)/t4-,5?,9-/m0/s1. The SMILES string of the molecule is COC1C[C@H]2C(=O)NC(C(=O)O)(C(=O)O)[C@@]2(C)O1. The van der Waals surface area contributed by atoms with Crippen molar-refractivity contribution in [2.24, 2.45) is 5.92 Å². The highest BCUT2D eigenvalue weighted by atomic mass is 16.7. The van der Waals surface area contributed by atoms with Gasteiger partial charge >= 0.3 is 11.9 Å². The monoisotopic (exact) mass is 259 g/mol. The minimum Gasteiger partial charge on any atom is -0.479 e. The molecule has 3 atom stereocenters.